The summed E-state index contributed by atoms with van der Waals surface area (Å²) in [7, 11) is 0. The third-order valence-electron chi connectivity index (χ3n) is 1.01. The predicted molar refractivity (Wildman–Crippen MR) is 32.8 cm³/mol. The summed E-state index contributed by atoms with van der Waals surface area (Å²) in [6.45, 7) is 2.55. The van der Waals surface area contributed by atoms with Crippen LogP contribution in [-0.4, -0.2) is 17.7 Å². The number of rotatable bonds is 3. The lowest BCUT2D eigenvalue weighted by Gasteiger charge is -2.19. The number of halogens is 1. The molecule has 0 aromatic carbocycles. The smallest absolute Gasteiger partial charge is 0.107 e. The second-order valence-corrected chi connectivity index (χ2v) is 2.85. The minimum Gasteiger partial charge on any atom is -0.548 e. The quantitative estimate of drug-likeness (QED) is 0.570. The van der Waals surface area contributed by atoms with Crippen molar-refractivity contribution in [3.63, 3.8) is 0 Å². The minimum absolute atomic E-state index is 0.213. The molecule has 1 atom stereocenters. The molecule has 3 nitrogen and oxygen atoms in total. The zero-order valence-electron chi connectivity index (χ0n) is 6.06. The zero-order valence-corrected chi connectivity index (χ0v) is 6.06. The molecule has 0 aliphatic carbocycles. The molecule has 10 heavy (non-hydrogen) atoms. The fraction of sp³-hybridized carbons (Fsp3) is 0.833. The van der Waals surface area contributed by atoms with Gasteiger partial charge in [-0.1, -0.05) is 0 Å². The number of carboxylic acid groups (broad SMARTS) is 1. The lowest BCUT2D eigenvalue weighted by Crippen LogP contribution is -2.44. The number of nitrogens with two attached hydrogens (primary N) is 1. The molecule has 0 aliphatic rings. The minimum atomic E-state index is -1.54. The second kappa shape index (κ2) is 2.96. The van der Waals surface area contributed by atoms with E-state index >= 15 is 0 Å². The molecule has 0 aromatic heterocycles. The molecule has 4 heteroatoms. The number of alkyl halides is 1. The average molecular weight is 148 g/mol. The first-order chi connectivity index (χ1) is 4.33. The van der Waals surface area contributed by atoms with Gasteiger partial charge in [0.25, 0.3) is 0 Å². The van der Waals surface area contributed by atoms with Crippen LogP contribution in [0.2, 0.25) is 0 Å². The van der Waals surface area contributed by atoms with Gasteiger partial charge in [0.1, 0.15) is 5.67 Å². The molecule has 0 spiro atoms. The Balaban J connectivity index is 3.80. The molecule has 0 unspecified atom stereocenters. The van der Waals surface area contributed by atoms with Crippen LogP contribution in [0.5, 0.6) is 0 Å². The van der Waals surface area contributed by atoms with Crippen molar-refractivity contribution in [2.24, 2.45) is 5.73 Å². The van der Waals surface area contributed by atoms with E-state index in [-0.39, 0.29) is 6.42 Å². The number of hydrogen-bond donors (Lipinski definition) is 1. The molecule has 2 N–H and O–H groups in total. The van der Waals surface area contributed by atoms with Crippen molar-refractivity contribution in [3.8, 4) is 0 Å². The van der Waals surface area contributed by atoms with E-state index in [0.29, 0.717) is 0 Å². The molecule has 0 amide bonds. The van der Waals surface area contributed by atoms with E-state index in [1.54, 1.807) is 0 Å². The Bertz CT molecular complexity index is 130. The van der Waals surface area contributed by atoms with Crippen molar-refractivity contribution in [1.29, 1.82) is 0 Å². The third-order valence-corrected chi connectivity index (χ3v) is 1.01. The monoisotopic (exact) mass is 148 g/mol. The highest BCUT2D eigenvalue weighted by Crippen LogP contribution is 2.14. The molecule has 0 rings (SSSR count). The van der Waals surface area contributed by atoms with E-state index in [9.17, 15) is 14.3 Å². The van der Waals surface area contributed by atoms with E-state index < -0.39 is 17.7 Å². The van der Waals surface area contributed by atoms with Crippen molar-refractivity contribution in [2.45, 2.75) is 32.0 Å². The Labute approximate surface area is 59.0 Å². The molecule has 0 heterocycles. The molecule has 60 valence electrons. The molecule has 0 saturated heterocycles. The normalized spacial score (nSPS) is 14.8. The summed E-state index contributed by atoms with van der Waals surface area (Å²) in [5, 5.41) is 9.97. The van der Waals surface area contributed by atoms with Crippen molar-refractivity contribution < 1.29 is 14.3 Å². The Morgan fingerprint density at radius 3 is 2.30 bits per heavy atom. The van der Waals surface area contributed by atoms with Gasteiger partial charge in [0.2, 0.25) is 0 Å². The molecule has 0 radical (unpaired) electrons. The number of carboxylic acids is 1. The van der Waals surface area contributed by atoms with Crippen LogP contribution < -0.4 is 10.8 Å². The maximum Gasteiger partial charge on any atom is 0.107 e. The van der Waals surface area contributed by atoms with Gasteiger partial charge in [0.05, 0.1) is 5.97 Å². The van der Waals surface area contributed by atoms with Crippen LogP contribution in [0, 0.1) is 0 Å². The molecular formula is C6H11FNO2-. The van der Waals surface area contributed by atoms with Gasteiger partial charge in [0.15, 0.2) is 0 Å². The fourth-order valence-electron chi connectivity index (χ4n) is 0.606. The summed E-state index contributed by atoms with van der Waals surface area (Å²) in [5.41, 5.74) is 3.46. The predicted octanol–water partition coefficient (Wildman–Crippen LogP) is -0.798. The maximum atomic E-state index is 12.6. The summed E-state index contributed by atoms with van der Waals surface area (Å²) in [4.78, 5) is 9.97. The highest BCUT2D eigenvalue weighted by molar-refractivity contribution is 5.70. The second-order valence-electron chi connectivity index (χ2n) is 2.85. The van der Waals surface area contributed by atoms with Crippen LogP contribution in [0.1, 0.15) is 20.3 Å². The van der Waals surface area contributed by atoms with Crippen LogP contribution in [0.25, 0.3) is 0 Å². The average Bonchev–Trinajstić information content (AvgIpc) is 1.60. The van der Waals surface area contributed by atoms with Gasteiger partial charge in [-0.25, -0.2) is 4.39 Å². The lowest BCUT2D eigenvalue weighted by atomic mass is 10.0. The highest BCUT2D eigenvalue weighted by Gasteiger charge is 2.20. The number of carbonyl (C=O) groups is 1. The van der Waals surface area contributed by atoms with Crippen LogP contribution in [0.4, 0.5) is 4.39 Å². The van der Waals surface area contributed by atoms with Gasteiger partial charge >= 0.3 is 0 Å². The van der Waals surface area contributed by atoms with Gasteiger partial charge in [-0.05, 0) is 13.8 Å². The van der Waals surface area contributed by atoms with Gasteiger partial charge in [-0.2, -0.15) is 0 Å². The Kier molecular flexibility index (Phi) is 2.77. The number of carbonyl (C=O) groups excluding carboxylic acids is 1. The Morgan fingerprint density at radius 1 is 1.80 bits per heavy atom. The van der Waals surface area contributed by atoms with Crippen molar-refractivity contribution in [3.05, 3.63) is 0 Å². The van der Waals surface area contributed by atoms with Gasteiger partial charge in [0, 0.05) is 12.5 Å². The highest BCUT2D eigenvalue weighted by atomic mass is 19.1. The Hall–Kier alpha value is -0.640. The summed E-state index contributed by atoms with van der Waals surface area (Å²) >= 11 is 0. The SMILES string of the molecule is CC(C)(F)C[C@H](N)C(=O)[O-]. The molecule has 0 saturated carbocycles. The summed E-state index contributed by atoms with van der Waals surface area (Å²) in [6.07, 6.45) is -0.213. The van der Waals surface area contributed by atoms with E-state index in [1.807, 2.05) is 0 Å². The molecule has 0 aromatic rings. The lowest BCUT2D eigenvalue weighted by molar-refractivity contribution is -0.308. The number of hydrogen-bond acceptors (Lipinski definition) is 3. The standard InChI is InChI=1S/C6H12FNO2/c1-6(2,7)3-4(8)5(9)10/h4H,3,8H2,1-2H3,(H,9,10)/p-1/t4-/m0/s1. The van der Waals surface area contributed by atoms with E-state index in [4.69, 9.17) is 5.73 Å². The summed E-state index contributed by atoms with van der Waals surface area (Å²) < 4.78 is 12.6. The van der Waals surface area contributed by atoms with Crippen LogP contribution in [-0.2, 0) is 4.79 Å². The first-order valence-electron chi connectivity index (χ1n) is 2.98. The summed E-state index contributed by atoms with van der Waals surface area (Å²) in [6, 6.07) is -1.21. The van der Waals surface area contributed by atoms with Crippen LogP contribution >= 0.6 is 0 Å². The third kappa shape index (κ3) is 4.26. The summed E-state index contributed by atoms with van der Waals surface area (Å²) in [5.74, 6) is -1.41. The maximum absolute atomic E-state index is 12.6. The van der Waals surface area contributed by atoms with Crippen LogP contribution in [0.3, 0.4) is 0 Å². The van der Waals surface area contributed by atoms with Crippen LogP contribution in [0.15, 0.2) is 0 Å². The van der Waals surface area contributed by atoms with E-state index in [0.717, 1.165) is 0 Å². The Morgan fingerprint density at radius 2 is 2.20 bits per heavy atom. The van der Waals surface area contributed by atoms with Gasteiger partial charge in [-0.15, -0.1) is 0 Å². The fourth-order valence-corrected chi connectivity index (χ4v) is 0.606. The number of aliphatic carboxylic acids is 1. The topological polar surface area (TPSA) is 66.2 Å². The van der Waals surface area contributed by atoms with E-state index in [1.165, 1.54) is 13.8 Å². The van der Waals surface area contributed by atoms with Crippen molar-refractivity contribution >= 4 is 5.97 Å². The molecule has 0 bridgehead atoms. The van der Waals surface area contributed by atoms with Gasteiger partial charge in [-0.3, -0.25) is 0 Å². The van der Waals surface area contributed by atoms with Crippen molar-refractivity contribution in [1.82, 2.24) is 0 Å². The zero-order chi connectivity index (χ0) is 8.36. The van der Waals surface area contributed by atoms with E-state index in [2.05, 4.69) is 0 Å². The molecule has 0 aliphatic heterocycles. The molecule has 0 fully saturated rings. The molecular weight excluding hydrogens is 137 g/mol. The largest absolute Gasteiger partial charge is 0.548 e. The van der Waals surface area contributed by atoms with Gasteiger partial charge < -0.3 is 15.6 Å². The van der Waals surface area contributed by atoms with Crippen molar-refractivity contribution in [2.75, 3.05) is 0 Å². The first-order valence-corrected chi connectivity index (χ1v) is 2.98. The first kappa shape index (κ1) is 9.36.